The van der Waals surface area contributed by atoms with E-state index in [9.17, 15) is 0 Å². The molecule has 1 heterocycles. The van der Waals surface area contributed by atoms with Gasteiger partial charge in [0.1, 0.15) is 0 Å². The Balaban J connectivity index is 1.91. The maximum atomic E-state index is 8.75. The average Bonchev–Trinajstić information content (AvgIpc) is 3.26. The van der Waals surface area contributed by atoms with Crippen LogP contribution in [0.2, 0.25) is 0 Å². The lowest BCUT2D eigenvalue weighted by molar-refractivity contribution is 0.130. The summed E-state index contributed by atoms with van der Waals surface area (Å²) >= 11 is 0. The van der Waals surface area contributed by atoms with Crippen molar-refractivity contribution in [1.29, 1.82) is 0 Å². The molecule has 0 spiro atoms. The number of anilines is 1. The molecule has 1 aliphatic carbocycles. The molecule has 104 valence electrons. The fourth-order valence-corrected chi connectivity index (χ4v) is 1.70. The van der Waals surface area contributed by atoms with Crippen LogP contribution in [0.1, 0.15) is 18.4 Å². The number of aromatic nitrogens is 2. The lowest BCUT2D eigenvalue weighted by atomic mass is 10.2. The second-order valence-electron chi connectivity index (χ2n) is 4.69. The summed E-state index contributed by atoms with van der Waals surface area (Å²) < 4.78 is 5.58. The highest BCUT2D eigenvalue weighted by atomic mass is 16.5. The molecule has 0 atom stereocenters. The molecule has 0 bridgehead atoms. The first kappa shape index (κ1) is 13.5. The van der Waals surface area contributed by atoms with Gasteiger partial charge in [0.2, 0.25) is 0 Å². The summed E-state index contributed by atoms with van der Waals surface area (Å²) in [5, 5.41) is 19.6. The molecule has 0 aromatic carbocycles. The molecule has 7 nitrogen and oxygen atoms in total. The number of rotatable bonds is 7. The Hall–Kier alpha value is -1.89. The minimum Gasteiger partial charge on any atom is -0.409 e. The van der Waals surface area contributed by atoms with Crippen LogP contribution >= 0.6 is 0 Å². The van der Waals surface area contributed by atoms with Gasteiger partial charge in [0.25, 0.3) is 0 Å². The predicted molar refractivity (Wildman–Crippen MR) is 71.4 cm³/mol. The number of hydrogen-bond donors (Lipinski definition) is 2. The smallest absolute Gasteiger partial charge is 0.173 e. The number of oxime groups is 1. The summed E-state index contributed by atoms with van der Waals surface area (Å²) in [6.45, 7) is 2.14. The SMILES string of the molecule is CN(CCOCC1CC1)c1nnccc1/C(N)=N/O. The Morgan fingerprint density at radius 1 is 1.63 bits per heavy atom. The van der Waals surface area contributed by atoms with Crippen LogP contribution in [0.4, 0.5) is 5.82 Å². The number of hydrogen-bond acceptors (Lipinski definition) is 6. The molecule has 1 aromatic heterocycles. The van der Waals surface area contributed by atoms with Crippen molar-refractivity contribution in [2.75, 3.05) is 31.7 Å². The van der Waals surface area contributed by atoms with Gasteiger partial charge in [0.15, 0.2) is 11.7 Å². The Morgan fingerprint density at radius 3 is 3.11 bits per heavy atom. The van der Waals surface area contributed by atoms with Gasteiger partial charge in [-0.25, -0.2) is 0 Å². The van der Waals surface area contributed by atoms with Gasteiger partial charge in [-0.15, -0.1) is 5.10 Å². The Labute approximate surface area is 112 Å². The van der Waals surface area contributed by atoms with Crippen molar-refractivity contribution in [2.24, 2.45) is 16.8 Å². The van der Waals surface area contributed by atoms with E-state index in [1.165, 1.54) is 19.0 Å². The highest BCUT2D eigenvalue weighted by molar-refractivity contribution is 6.01. The average molecular weight is 265 g/mol. The maximum Gasteiger partial charge on any atom is 0.173 e. The number of likely N-dealkylation sites (N-methyl/N-ethyl adjacent to an activating group) is 1. The maximum absolute atomic E-state index is 8.75. The molecule has 0 radical (unpaired) electrons. The van der Waals surface area contributed by atoms with Gasteiger partial charge in [-0.2, -0.15) is 5.10 Å². The normalized spacial score (nSPS) is 15.5. The summed E-state index contributed by atoms with van der Waals surface area (Å²) in [7, 11) is 1.87. The van der Waals surface area contributed by atoms with Gasteiger partial charge in [-0.3, -0.25) is 0 Å². The molecular formula is C12H19N5O2. The molecule has 1 aliphatic rings. The zero-order valence-corrected chi connectivity index (χ0v) is 11.0. The third kappa shape index (κ3) is 3.78. The van der Waals surface area contributed by atoms with Crippen molar-refractivity contribution >= 4 is 11.7 Å². The summed E-state index contributed by atoms with van der Waals surface area (Å²) in [5.41, 5.74) is 6.17. The Morgan fingerprint density at radius 2 is 2.42 bits per heavy atom. The van der Waals surface area contributed by atoms with Crippen LogP contribution in [-0.2, 0) is 4.74 Å². The van der Waals surface area contributed by atoms with Crippen LogP contribution in [0, 0.1) is 5.92 Å². The molecule has 1 saturated carbocycles. The van der Waals surface area contributed by atoms with Gasteiger partial charge in [0, 0.05) is 20.2 Å². The van der Waals surface area contributed by atoms with Crippen molar-refractivity contribution in [1.82, 2.24) is 10.2 Å². The van der Waals surface area contributed by atoms with E-state index in [1.54, 1.807) is 6.07 Å². The summed E-state index contributed by atoms with van der Waals surface area (Å²) in [4.78, 5) is 1.88. The van der Waals surface area contributed by atoms with Crippen molar-refractivity contribution in [3.05, 3.63) is 17.8 Å². The second kappa shape index (κ2) is 6.33. The van der Waals surface area contributed by atoms with Crippen molar-refractivity contribution in [2.45, 2.75) is 12.8 Å². The molecule has 0 aliphatic heterocycles. The quantitative estimate of drug-likeness (QED) is 0.244. The monoisotopic (exact) mass is 265 g/mol. The van der Waals surface area contributed by atoms with Gasteiger partial charge in [0.05, 0.1) is 18.4 Å². The van der Waals surface area contributed by atoms with E-state index in [1.807, 2.05) is 11.9 Å². The minimum atomic E-state index is 0.0237. The first-order valence-corrected chi connectivity index (χ1v) is 6.31. The lowest BCUT2D eigenvalue weighted by Gasteiger charge is -2.19. The van der Waals surface area contributed by atoms with Crippen LogP contribution in [-0.4, -0.2) is 48.0 Å². The molecule has 0 amide bonds. The molecule has 3 N–H and O–H groups in total. The van der Waals surface area contributed by atoms with Gasteiger partial charge in [-0.1, -0.05) is 5.16 Å². The molecule has 0 saturated heterocycles. The third-order valence-electron chi connectivity index (χ3n) is 3.07. The lowest BCUT2D eigenvalue weighted by Crippen LogP contribution is -2.27. The Kier molecular flexibility index (Phi) is 4.51. The summed E-state index contributed by atoms with van der Waals surface area (Å²) in [6.07, 6.45) is 4.08. The third-order valence-corrected chi connectivity index (χ3v) is 3.07. The Bertz CT molecular complexity index is 448. The highest BCUT2D eigenvalue weighted by Crippen LogP contribution is 2.28. The fourth-order valence-electron chi connectivity index (χ4n) is 1.70. The molecule has 0 unspecified atom stereocenters. The molecule has 1 fully saturated rings. The number of amidine groups is 1. The zero-order valence-electron chi connectivity index (χ0n) is 11.0. The van der Waals surface area contributed by atoms with E-state index in [-0.39, 0.29) is 5.84 Å². The van der Waals surface area contributed by atoms with E-state index < -0.39 is 0 Å². The molecule has 1 aromatic rings. The first-order valence-electron chi connectivity index (χ1n) is 6.31. The van der Waals surface area contributed by atoms with Crippen molar-refractivity contribution in [3.8, 4) is 0 Å². The fraction of sp³-hybridized carbons (Fsp3) is 0.583. The van der Waals surface area contributed by atoms with Crippen LogP contribution in [0.5, 0.6) is 0 Å². The molecular weight excluding hydrogens is 246 g/mol. The van der Waals surface area contributed by atoms with Crippen molar-refractivity contribution in [3.63, 3.8) is 0 Å². The molecule has 7 heteroatoms. The summed E-state index contributed by atoms with van der Waals surface area (Å²) in [5.74, 6) is 1.36. The van der Waals surface area contributed by atoms with Crippen LogP contribution in [0.25, 0.3) is 0 Å². The van der Waals surface area contributed by atoms with Gasteiger partial charge >= 0.3 is 0 Å². The van der Waals surface area contributed by atoms with E-state index in [0.29, 0.717) is 24.5 Å². The highest BCUT2D eigenvalue weighted by Gasteiger charge is 2.21. The van der Waals surface area contributed by atoms with Crippen molar-refractivity contribution < 1.29 is 9.94 Å². The number of ether oxygens (including phenoxy) is 1. The standard InChI is InChI=1S/C12H19N5O2/c1-17(6-7-19-8-9-2-3-9)12-10(11(13)16-18)4-5-14-15-12/h4-5,9,18H,2-3,6-8H2,1H3,(H2,13,16). The zero-order chi connectivity index (χ0) is 13.7. The first-order chi connectivity index (χ1) is 9.22. The van der Waals surface area contributed by atoms with Gasteiger partial charge < -0.3 is 20.6 Å². The summed E-state index contributed by atoms with van der Waals surface area (Å²) in [6, 6.07) is 1.67. The predicted octanol–water partition coefficient (Wildman–Crippen LogP) is 0.434. The molecule has 2 rings (SSSR count). The number of nitrogens with zero attached hydrogens (tertiary/aromatic N) is 4. The van der Waals surface area contributed by atoms with E-state index in [4.69, 9.17) is 15.7 Å². The number of nitrogens with two attached hydrogens (primary N) is 1. The van der Waals surface area contributed by atoms with E-state index in [0.717, 1.165) is 12.5 Å². The topological polar surface area (TPSA) is 96.9 Å². The van der Waals surface area contributed by atoms with Crippen LogP contribution in [0.15, 0.2) is 17.4 Å². The minimum absolute atomic E-state index is 0.0237. The second-order valence-corrected chi connectivity index (χ2v) is 4.69. The van der Waals surface area contributed by atoms with Crippen LogP contribution in [0.3, 0.4) is 0 Å². The van der Waals surface area contributed by atoms with E-state index >= 15 is 0 Å². The van der Waals surface area contributed by atoms with Crippen LogP contribution < -0.4 is 10.6 Å². The largest absolute Gasteiger partial charge is 0.409 e. The molecule has 19 heavy (non-hydrogen) atoms. The van der Waals surface area contributed by atoms with Gasteiger partial charge in [-0.05, 0) is 24.8 Å². The van der Waals surface area contributed by atoms with E-state index in [2.05, 4.69) is 15.4 Å².